The third-order valence-corrected chi connectivity index (χ3v) is 4.14. The third kappa shape index (κ3) is 2.27. The summed E-state index contributed by atoms with van der Waals surface area (Å²) in [5.41, 5.74) is 0. The van der Waals surface area contributed by atoms with Crippen LogP contribution in [0.2, 0.25) is 0 Å². The summed E-state index contributed by atoms with van der Waals surface area (Å²) in [6.07, 6.45) is 7.91. The summed E-state index contributed by atoms with van der Waals surface area (Å²) in [6.45, 7) is 0. The lowest BCUT2D eigenvalue weighted by atomic mass is 9.85. The first-order chi connectivity index (χ1) is 8.72. The van der Waals surface area contributed by atoms with Crippen LogP contribution in [-0.2, 0) is 11.8 Å². The van der Waals surface area contributed by atoms with Crippen molar-refractivity contribution in [1.29, 1.82) is 0 Å². The minimum atomic E-state index is -0.0416. The van der Waals surface area contributed by atoms with Crippen LogP contribution in [0, 0.1) is 5.92 Å². The van der Waals surface area contributed by atoms with Gasteiger partial charge in [-0.1, -0.05) is 12.8 Å². The molecule has 18 heavy (non-hydrogen) atoms. The molecule has 0 aromatic carbocycles. The van der Waals surface area contributed by atoms with Gasteiger partial charge in [-0.05, 0) is 25.2 Å². The summed E-state index contributed by atoms with van der Waals surface area (Å²) in [5, 5.41) is 10.5. The van der Waals surface area contributed by atoms with Gasteiger partial charge in [0.05, 0.1) is 6.04 Å². The van der Waals surface area contributed by atoms with Crippen LogP contribution < -0.4 is 10.6 Å². The van der Waals surface area contributed by atoms with Crippen molar-refractivity contribution >= 4 is 11.7 Å². The fraction of sp³-hybridized carbons (Fsp3) is 0.692. The lowest BCUT2D eigenvalue weighted by Gasteiger charge is -2.24. The molecule has 1 aromatic rings. The number of nitrogens with one attached hydrogen (secondary N) is 2. The van der Waals surface area contributed by atoms with Crippen molar-refractivity contribution < 1.29 is 4.79 Å². The number of nitrogens with zero attached hydrogens (tertiary/aromatic N) is 2. The highest BCUT2D eigenvalue weighted by atomic mass is 16.2. The molecule has 1 saturated carbocycles. The minimum absolute atomic E-state index is 0.0416. The zero-order chi connectivity index (χ0) is 12.5. The van der Waals surface area contributed by atoms with E-state index in [-0.39, 0.29) is 11.9 Å². The fourth-order valence-electron chi connectivity index (χ4n) is 3.22. The molecule has 2 heterocycles. The van der Waals surface area contributed by atoms with Crippen molar-refractivity contribution in [1.82, 2.24) is 15.1 Å². The maximum absolute atomic E-state index is 12.1. The molecule has 1 aliphatic heterocycles. The van der Waals surface area contributed by atoms with Crippen LogP contribution in [0.5, 0.6) is 0 Å². The van der Waals surface area contributed by atoms with Gasteiger partial charge in [-0.3, -0.25) is 9.48 Å². The second-order valence-corrected chi connectivity index (χ2v) is 5.47. The minimum Gasteiger partial charge on any atom is -0.308 e. The number of carbonyl (C=O) groups excluding carboxylic acids is 1. The second kappa shape index (κ2) is 4.72. The van der Waals surface area contributed by atoms with E-state index in [0.29, 0.717) is 17.8 Å². The van der Waals surface area contributed by atoms with Crippen molar-refractivity contribution in [2.75, 3.05) is 5.32 Å². The first-order valence-electron chi connectivity index (χ1n) is 6.79. The smallest absolute Gasteiger partial charge is 0.242 e. The Morgan fingerprint density at radius 3 is 3.06 bits per heavy atom. The molecule has 1 aromatic heterocycles. The quantitative estimate of drug-likeness (QED) is 0.829. The first kappa shape index (κ1) is 11.7. The average molecular weight is 248 g/mol. The van der Waals surface area contributed by atoms with Crippen molar-refractivity contribution in [3.63, 3.8) is 0 Å². The van der Waals surface area contributed by atoms with Crippen molar-refractivity contribution in [2.24, 2.45) is 13.0 Å². The van der Waals surface area contributed by atoms with Crippen molar-refractivity contribution in [3.05, 3.63) is 12.3 Å². The highest BCUT2D eigenvalue weighted by Crippen LogP contribution is 2.33. The molecular formula is C13H20N4O. The molecule has 2 N–H and O–H groups in total. The van der Waals surface area contributed by atoms with E-state index in [1.165, 1.54) is 25.7 Å². The molecular weight excluding hydrogens is 228 g/mol. The maximum atomic E-state index is 12.1. The van der Waals surface area contributed by atoms with Gasteiger partial charge in [0.1, 0.15) is 0 Å². The number of amides is 1. The zero-order valence-corrected chi connectivity index (χ0v) is 10.7. The second-order valence-electron chi connectivity index (χ2n) is 5.47. The predicted molar refractivity (Wildman–Crippen MR) is 69.1 cm³/mol. The summed E-state index contributed by atoms with van der Waals surface area (Å²) in [5.74, 6) is 1.39. The van der Waals surface area contributed by atoms with Crippen LogP contribution >= 0.6 is 0 Å². The largest absolute Gasteiger partial charge is 0.308 e. The van der Waals surface area contributed by atoms with Gasteiger partial charge in [-0.15, -0.1) is 0 Å². The molecule has 1 aliphatic carbocycles. The van der Waals surface area contributed by atoms with E-state index in [4.69, 9.17) is 0 Å². The van der Waals surface area contributed by atoms with Gasteiger partial charge in [0.15, 0.2) is 5.82 Å². The Morgan fingerprint density at radius 2 is 2.33 bits per heavy atom. The van der Waals surface area contributed by atoms with Gasteiger partial charge in [0.25, 0.3) is 0 Å². The van der Waals surface area contributed by atoms with E-state index in [9.17, 15) is 4.79 Å². The Labute approximate surface area is 107 Å². The van der Waals surface area contributed by atoms with Crippen LogP contribution in [-0.4, -0.2) is 27.8 Å². The number of hydrogen-bond acceptors (Lipinski definition) is 3. The van der Waals surface area contributed by atoms with Crippen LogP contribution in [0.4, 0.5) is 5.82 Å². The zero-order valence-electron chi connectivity index (χ0n) is 10.7. The Bertz CT molecular complexity index is 428. The molecule has 0 bridgehead atoms. The molecule has 0 spiro atoms. The number of aromatic nitrogens is 2. The number of carbonyl (C=O) groups is 1. The molecule has 1 amide bonds. The molecule has 2 aliphatic rings. The van der Waals surface area contributed by atoms with Crippen LogP contribution in [0.1, 0.15) is 32.1 Å². The maximum Gasteiger partial charge on any atom is 0.242 e. The molecule has 5 heteroatoms. The van der Waals surface area contributed by atoms with Crippen molar-refractivity contribution in [3.8, 4) is 0 Å². The summed E-state index contributed by atoms with van der Waals surface area (Å²) in [7, 11) is 1.85. The first-order valence-corrected chi connectivity index (χ1v) is 6.79. The molecule has 3 atom stereocenters. The molecule has 0 radical (unpaired) electrons. The number of rotatable bonds is 2. The van der Waals surface area contributed by atoms with E-state index < -0.39 is 0 Å². The monoisotopic (exact) mass is 248 g/mol. The van der Waals surface area contributed by atoms with Crippen molar-refractivity contribution in [2.45, 2.75) is 44.2 Å². The molecule has 1 saturated heterocycles. The Balaban J connectivity index is 1.60. The highest BCUT2D eigenvalue weighted by Gasteiger charge is 2.38. The van der Waals surface area contributed by atoms with Gasteiger partial charge in [0, 0.05) is 25.4 Å². The molecule has 3 rings (SSSR count). The Morgan fingerprint density at radius 1 is 1.50 bits per heavy atom. The number of anilines is 1. The predicted octanol–water partition coefficient (Wildman–Crippen LogP) is 1.28. The van der Waals surface area contributed by atoms with E-state index >= 15 is 0 Å². The summed E-state index contributed by atoms with van der Waals surface area (Å²) in [6, 6.07) is 2.33. The standard InChI is InChI=1S/C13H20N4O/c1-17-7-6-12(16-17)15-13(18)11-8-9-4-2-3-5-10(9)14-11/h6-7,9-11,14H,2-5,8H2,1H3,(H,15,16,18). The SMILES string of the molecule is Cn1ccc(NC(=O)C2CC3CCCCC3N2)n1. The van der Waals surface area contributed by atoms with Gasteiger partial charge in [-0.2, -0.15) is 5.10 Å². The van der Waals surface area contributed by atoms with Crippen LogP contribution in [0.15, 0.2) is 12.3 Å². The molecule has 98 valence electrons. The molecule has 3 unspecified atom stereocenters. The Kier molecular flexibility index (Phi) is 3.07. The van der Waals surface area contributed by atoms with E-state index in [2.05, 4.69) is 15.7 Å². The lowest BCUT2D eigenvalue weighted by Crippen LogP contribution is -2.39. The van der Waals surface area contributed by atoms with Gasteiger partial charge in [-0.25, -0.2) is 0 Å². The number of fused-ring (bicyclic) bond motifs is 1. The third-order valence-electron chi connectivity index (χ3n) is 4.14. The topological polar surface area (TPSA) is 59.0 Å². The molecule has 2 fully saturated rings. The summed E-state index contributed by atoms with van der Waals surface area (Å²) < 4.78 is 1.69. The lowest BCUT2D eigenvalue weighted by molar-refractivity contribution is -0.117. The normalized spacial score (nSPS) is 31.1. The summed E-state index contributed by atoms with van der Waals surface area (Å²) >= 11 is 0. The van der Waals surface area contributed by atoms with Gasteiger partial charge < -0.3 is 10.6 Å². The molecule has 5 nitrogen and oxygen atoms in total. The van der Waals surface area contributed by atoms with Gasteiger partial charge >= 0.3 is 0 Å². The van der Waals surface area contributed by atoms with Crippen LogP contribution in [0.25, 0.3) is 0 Å². The van der Waals surface area contributed by atoms with E-state index in [1.54, 1.807) is 4.68 Å². The van der Waals surface area contributed by atoms with Gasteiger partial charge in [0.2, 0.25) is 5.91 Å². The fourth-order valence-corrected chi connectivity index (χ4v) is 3.22. The van der Waals surface area contributed by atoms with Crippen LogP contribution in [0.3, 0.4) is 0 Å². The number of hydrogen-bond donors (Lipinski definition) is 2. The highest BCUT2D eigenvalue weighted by molar-refractivity contribution is 5.94. The van der Waals surface area contributed by atoms with E-state index in [0.717, 1.165) is 6.42 Å². The summed E-state index contributed by atoms with van der Waals surface area (Å²) in [4.78, 5) is 12.1. The van der Waals surface area contributed by atoms with E-state index in [1.807, 2.05) is 19.3 Å². The number of aryl methyl sites for hydroxylation is 1. The Hall–Kier alpha value is -1.36. The average Bonchev–Trinajstić information content (AvgIpc) is 2.95.